The predicted molar refractivity (Wildman–Crippen MR) is 45.5 cm³/mol. The molecule has 1 rings (SSSR count). The molecule has 2 N–H and O–H groups in total. The highest BCUT2D eigenvalue weighted by Gasteiger charge is 2.24. The van der Waals surface area contributed by atoms with E-state index in [4.69, 9.17) is 10.5 Å². The fraction of sp³-hybridized carbons (Fsp3) is 1.00. The molecule has 3 nitrogen and oxygen atoms in total. The van der Waals surface area contributed by atoms with E-state index < -0.39 is 0 Å². The maximum atomic E-state index is 5.56. The molecule has 1 fully saturated rings. The minimum atomic E-state index is 0.434. The van der Waals surface area contributed by atoms with Crippen LogP contribution >= 0.6 is 0 Å². The van der Waals surface area contributed by atoms with Crippen LogP contribution in [-0.4, -0.2) is 43.8 Å². The summed E-state index contributed by atoms with van der Waals surface area (Å²) in [6.45, 7) is 5.10. The third-order valence-electron chi connectivity index (χ3n) is 2.47. The molecule has 0 aromatic heterocycles. The van der Waals surface area contributed by atoms with Gasteiger partial charge in [-0.1, -0.05) is 0 Å². The molecule has 3 heteroatoms. The van der Waals surface area contributed by atoms with Gasteiger partial charge in [-0.25, -0.2) is 0 Å². The first-order valence-electron chi connectivity index (χ1n) is 4.24. The van der Waals surface area contributed by atoms with Crippen molar-refractivity contribution in [3.05, 3.63) is 0 Å². The molecule has 2 atom stereocenters. The topological polar surface area (TPSA) is 38.5 Å². The lowest BCUT2D eigenvalue weighted by Crippen LogP contribution is -2.37. The van der Waals surface area contributed by atoms with Crippen molar-refractivity contribution in [1.82, 2.24) is 4.90 Å². The molecule has 0 aromatic carbocycles. The zero-order valence-electron chi connectivity index (χ0n) is 7.42. The van der Waals surface area contributed by atoms with Gasteiger partial charge in [0.05, 0.1) is 6.10 Å². The Morgan fingerprint density at radius 2 is 2.45 bits per heavy atom. The van der Waals surface area contributed by atoms with Crippen LogP contribution in [0.25, 0.3) is 0 Å². The Kier molecular flexibility index (Phi) is 3.30. The van der Waals surface area contributed by atoms with Crippen molar-refractivity contribution >= 4 is 0 Å². The Morgan fingerprint density at radius 3 is 2.91 bits per heavy atom. The highest BCUT2D eigenvalue weighted by molar-refractivity contribution is 4.79. The maximum absolute atomic E-state index is 5.56. The van der Waals surface area contributed by atoms with Crippen LogP contribution in [0.3, 0.4) is 0 Å². The van der Waals surface area contributed by atoms with E-state index in [2.05, 4.69) is 11.8 Å². The van der Waals surface area contributed by atoms with Gasteiger partial charge in [0.2, 0.25) is 0 Å². The first-order valence-corrected chi connectivity index (χ1v) is 4.24. The van der Waals surface area contributed by atoms with Gasteiger partial charge in [-0.05, 0) is 13.3 Å². The number of likely N-dealkylation sites (tertiary alicyclic amines) is 1. The number of rotatable bonds is 3. The smallest absolute Gasteiger partial charge is 0.0710 e. The van der Waals surface area contributed by atoms with Crippen LogP contribution in [0, 0.1) is 0 Å². The number of hydrogen-bond donors (Lipinski definition) is 1. The van der Waals surface area contributed by atoms with E-state index in [9.17, 15) is 0 Å². The lowest BCUT2D eigenvalue weighted by molar-refractivity contribution is 0.103. The largest absolute Gasteiger partial charge is 0.380 e. The van der Waals surface area contributed by atoms with Crippen LogP contribution in [-0.2, 0) is 4.74 Å². The van der Waals surface area contributed by atoms with E-state index in [1.54, 1.807) is 7.11 Å². The number of nitrogens with two attached hydrogens (primary N) is 1. The molecule has 1 saturated heterocycles. The first kappa shape index (κ1) is 8.97. The minimum Gasteiger partial charge on any atom is -0.380 e. The third-order valence-corrected chi connectivity index (χ3v) is 2.47. The molecule has 0 spiro atoms. The molecule has 1 aliphatic heterocycles. The van der Waals surface area contributed by atoms with Crippen molar-refractivity contribution in [1.29, 1.82) is 0 Å². The van der Waals surface area contributed by atoms with Crippen molar-refractivity contribution in [2.75, 3.05) is 26.7 Å². The summed E-state index contributed by atoms with van der Waals surface area (Å²) in [7, 11) is 1.78. The zero-order valence-corrected chi connectivity index (χ0v) is 7.42. The molecule has 11 heavy (non-hydrogen) atoms. The van der Waals surface area contributed by atoms with Crippen molar-refractivity contribution in [3.8, 4) is 0 Å². The summed E-state index contributed by atoms with van der Waals surface area (Å²) < 4.78 is 5.25. The molecule has 0 radical (unpaired) electrons. The van der Waals surface area contributed by atoms with Crippen LogP contribution in [0.1, 0.15) is 13.3 Å². The van der Waals surface area contributed by atoms with Gasteiger partial charge in [0, 0.05) is 32.8 Å². The summed E-state index contributed by atoms with van der Waals surface area (Å²) in [6.07, 6.45) is 1.59. The average molecular weight is 158 g/mol. The van der Waals surface area contributed by atoms with Gasteiger partial charge < -0.3 is 10.5 Å². The van der Waals surface area contributed by atoms with E-state index >= 15 is 0 Å². The molecule has 2 unspecified atom stereocenters. The average Bonchev–Trinajstić information content (AvgIpc) is 2.50. The van der Waals surface area contributed by atoms with Crippen molar-refractivity contribution in [3.63, 3.8) is 0 Å². The van der Waals surface area contributed by atoms with E-state index in [1.165, 1.54) is 0 Å². The van der Waals surface area contributed by atoms with Crippen molar-refractivity contribution < 1.29 is 4.74 Å². The predicted octanol–water partition coefficient (Wildman–Crippen LogP) is 0.0543. The standard InChI is InChI=1S/C8H18N2O/c1-7(5-9)10-4-3-8(6-10)11-2/h7-8H,3-6,9H2,1-2H3. The molecule has 1 aliphatic rings. The number of methoxy groups -OCH3 is 1. The van der Waals surface area contributed by atoms with Gasteiger partial charge in [0.25, 0.3) is 0 Å². The summed E-state index contributed by atoms with van der Waals surface area (Å²) in [5.74, 6) is 0. The first-order chi connectivity index (χ1) is 5.27. The van der Waals surface area contributed by atoms with E-state index in [-0.39, 0.29) is 0 Å². The summed E-state index contributed by atoms with van der Waals surface area (Å²) in [6, 6.07) is 0.509. The molecule has 0 saturated carbocycles. The van der Waals surface area contributed by atoms with E-state index in [1.807, 2.05) is 0 Å². The third kappa shape index (κ3) is 2.15. The SMILES string of the molecule is COC1CCN(C(C)CN)C1. The molecule has 66 valence electrons. The second-order valence-electron chi connectivity index (χ2n) is 3.23. The molecule has 0 amide bonds. The Labute approximate surface area is 68.5 Å². The van der Waals surface area contributed by atoms with Crippen molar-refractivity contribution in [2.24, 2.45) is 5.73 Å². The van der Waals surface area contributed by atoms with Gasteiger partial charge in [-0.2, -0.15) is 0 Å². The second kappa shape index (κ2) is 4.04. The maximum Gasteiger partial charge on any atom is 0.0710 e. The summed E-state index contributed by atoms with van der Waals surface area (Å²) in [5.41, 5.74) is 5.56. The quantitative estimate of drug-likeness (QED) is 0.631. The molecule has 0 aliphatic carbocycles. The van der Waals surface area contributed by atoms with E-state index in [0.29, 0.717) is 12.1 Å². The highest BCUT2D eigenvalue weighted by Crippen LogP contribution is 2.13. The molecule has 0 bridgehead atoms. The minimum absolute atomic E-state index is 0.434. The molecular weight excluding hydrogens is 140 g/mol. The zero-order chi connectivity index (χ0) is 8.27. The van der Waals surface area contributed by atoms with Crippen molar-refractivity contribution in [2.45, 2.75) is 25.5 Å². The number of ether oxygens (including phenoxy) is 1. The van der Waals surface area contributed by atoms with Gasteiger partial charge in [-0.15, -0.1) is 0 Å². The van der Waals surface area contributed by atoms with Gasteiger partial charge >= 0.3 is 0 Å². The Hall–Kier alpha value is -0.120. The van der Waals surface area contributed by atoms with Crippen LogP contribution in [0.15, 0.2) is 0 Å². The lowest BCUT2D eigenvalue weighted by Gasteiger charge is -2.22. The second-order valence-corrected chi connectivity index (χ2v) is 3.23. The van der Waals surface area contributed by atoms with Gasteiger partial charge in [0.1, 0.15) is 0 Å². The molecule has 0 aromatic rings. The number of hydrogen-bond acceptors (Lipinski definition) is 3. The highest BCUT2D eigenvalue weighted by atomic mass is 16.5. The summed E-state index contributed by atoms with van der Waals surface area (Å²) in [5, 5.41) is 0. The molecule has 1 heterocycles. The Bertz CT molecular complexity index is 119. The Morgan fingerprint density at radius 1 is 1.73 bits per heavy atom. The van der Waals surface area contributed by atoms with Crippen LogP contribution in [0.5, 0.6) is 0 Å². The van der Waals surface area contributed by atoms with Gasteiger partial charge in [-0.3, -0.25) is 4.90 Å². The van der Waals surface area contributed by atoms with Crippen LogP contribution in [0.4, 0.5) is 0 Å². The van der Waals surface area contributed by atoms with E-state index in [0.717, 1.165) is 26.1 Å². The van der Waals surface area contributed by atoms with Crippen LogP contribution in [0.2, 0.25) is 0 Å². The van der Waals surface area contributed by atoms with Gasteiger partial charge in [0.15, 0.2) is 0 Å². The summed E-state index contributed by atoms with van der Waals surface area (Å²) >= 11 is 0. The normalized spacial score (nSPS) is 29.2. The molecular formula is C8H18N2O. The monoisotopic (exact) mass is 158 g/mol. The summed E-state index contributed by atoms with van der Waals surface area (Å²) in [4.78, 5) is 2.38. The number of nitrogens with zero attached hydrogens (tertiary/aromatic N) is 1. The Balaban J connectivity index is 2.29. The fourth-order valence-corrected chi connectivity index (χ4v) is 1.50. The fourth-order valence-electron chi connectivity index (χ4n) is 1.50. The lowest BCUT2D eigenvalue weighted by atomic mass is 10.3. The van der Waals surface area contributed by atoms with Crippen LogP contribution < -0.4 is 5.73 Å².